The third kappa shape index (κ3) is 5.60. The summed E-state index contributed by atoms with van der Waals surface area (Å²) in [4.78, 5) is 13.1. The van der Waals surface area contributed by atoms with Gasteiger partial charge in [-0.1, -0.05) is 41.1 Å². The van der Waals surface area contributed by atoms with Crippen LogP contribution in [0.25, 0.3) is 12.2 Å². The van der Waals surface area contributed by atoms with Crippen LogP contribution in [0.2, 0.25) is 0 Å². The molecule has 0 saturated carbocycles. The Morgan fingerprint density at radius 2 is 1.75 bits per heavy atom. The molecular weight excluding hydrogens is 474 g/mol. The van der Waals surface area contributed by atoms with Crippen molar-refractivity contribution in [2.75, 3.05) is 18.4 Å². The number of carbonyl (C=O) groups is 1. The van der Waals surface area contributed by atoms with Crippen molar-refractivity contribution in [3.8, 4) is 0 Å². The van der Waals surface area contributed by atoms with Gasteiger partial charge < -0.3 is 9.84 Å². The van der Waals surface area contributed by atoms with Gasteiger partial charge >= 0.3 is 0 Å². The van der Waals surface area contributed by atoms with Crippen LogP contribution in [-0.2, 0) is 14.8 Å². The SMILES string of the molecule is Cc1cc(C)cc(NC(=O)[C@H]2CCCN(S(=O)(=O)c3c(C)noc3/C=C/c3cc(C)ccc3C)C2)c1. The summed E-state index contributed by atoms with van der Waals surface area (Å²) < 4.78 is 34.2. The van der Waals surface area contributed by atoms with E-state index in [1.165, 1.54) is 4.31 Å². The van der Waals surface area contributed by atoms with Crippen LogP contribution in [0, 0.1) is 40.5 Å². The summed E-state index contributed by atoms with van der Waals surface area (Å²) in [5.74, 6) is -0.421. The number of hydrogen-bond acceptors (Lipinski definition) is 5. The number of piperidine rings is 1. The molecule has 0 aliphatic carbocycles. The van der Waals surface area contributed by atoms with E-state index in [-0.39, 0.29) is 23.1 Å². The predicted molar refractivity (Wildman–Crippen MR) is 142 cm³/mol. The highest BCUT2D eigenvalue weighted by Crippen LogP contribution is 2.30. The van der Waals surface area contributed by atoms with E-state index in [9.17, 15) is 13.2 Å². The topological polar surface area (TPSA) is 92.5 Å². The fourth-order valence-electron chi connectivity index (χ4n) is 4.70. The Morgan fingerprint density at radius 3 is 2.47 bits per heavy atom. The van der Waals surface area contributed by atoms with Gasteiger partial charge in [-0.15, -0.1) is 0 Å². The molecule has 2 aromatic carbocycles. The first-order chi connectivity index (χ1) is 17.0. The number of aryl methyl sites for hydroxylation is 5. The number of hydrogen-bond donors (Lipinski definition) is 1. The summed E-state index contributed by atoms with van der Waals surface area (Å²) in [7, 11) is -3.91. The molecular formula is C28H33N3O4S. The molecule has 1 N–H and O–H groups in total. The van der Waals surface area contributed by atoms with Gasteiger partial charge in [0.05, 0.1) is 5.92 Å². The fraction of sp³-hybridized carbons (Fsp3) is 0.357. The molecule has 7 nitrogen and oxygen atoms in total. The van der Waals surface area contributed by atoms with E-state index >= 15 is 0 Å². The molecule has 1 aliphatic rings. The lowest BCUT2D eigenvalue weighted by Crippen LogP contribution is -2.43. The van der Waals surface area contributed by atoms with Crippen molar-refractivity contribution in [1.82, 2.24) is 9.46 Å². The van der Waals surface area contributed by atoms with Crippen LogP contribution in [0.4, 0.5) is 5.69 Å². The van der Waals surface area contributed by atoms with Gasteiger partial charge in [0.1, 0.15) is 5.69 Å². The lowest BCUT2D eigenvalue weighted by Gasteiger charge is -2.31. The molecule has 1 atom stereocenters. The third-order valence-electron chi connectivity index (χ3n) is 6.52. The Balaban J connectivity index is 1.55. The van der Waals surface area contributed by atoms with Crippen LogP contribution in [0.1, 0.15) is 52.1 Å². The number of benzene rings is 2. The minimum absolute atomic E-state index is 0.0550. The van der Waals surface area contributed by atoms with Crippen molar-refractivity contribution < 1.29 is 17.7 Å². The van der Waals surface area contributed by atoms with E-state index in [0.29, 0.717) is 25.1 Å². The minimum Gasteiger partial charge on any atom is -0.355 e. The maximum absolute atomic E-state index is 13.7. The summed E-state index contributed by atoms with van der Waals surface area (Å²) in [6.07, 6.45) is 4.73. The second-order valence-electron chi connectivity index (χ2n) is 9.72. The first-order valence-electron chi connectivity index (χ1n) is 12.2. The number of nitrogens with zero attached hydrogens (tertiary/aromatic N) is 2. The molecule has 36 heavy (non-hydrogen) atoms. The molecule has 0 bridgehead atoms. The minimum atomic E-state index is -3.91. The molecule has 1 aromatic heterocycles. The van der Waals surface area contributed by atoms with Gasteiger partial charge in [-0.05, 0) is 87.9 Å². The lowest BCUT2D eigenvalue weighted by molar-refractivity contribution is -0.120. The van der Waals surface area contributed by atoms with Crippen molar-refractivity contribution in [3.05, 3.63) is 75.7 Å². The summed E-state index contributed by atoms with van der Waals surface area (Å²) >= 11 is 0. The third-order valence-corrected chi connectivity index (χ3v) is 8.55. The van der Waals surface area contributed by atoms with Gasteiger partial charge in [-0.2, -0.15) is 4.31 Å². The number of rotatable bonds is 6. The Kier molecular flexibility index (Phi) is 7.47. The van der Waals surface area contributed by atoms with Crippen molar-refractivity contribution >= 4 is 33.8 Å². The first-order valence-corrected chi connectivity index (χ1v) is 13.6. The highest BCUT2D eigenvalue weighted by Gasteiger charge is 2.37. The molecule has 0 unspecified atom stereocenters. The largest absolute Gasteiger partial charge is 0.355 e. The van der Waals surface area contributed by atoms with Gasteiger partial charge in [0.25, 0.3) is 0 Å². The molecule has 8 heteroatoms. The highest BCUT2D eigenvalue weighted by molar-refractivity contribution is 7.89. The zero-order valence-corrected chi connectivity index (χ0v) is 22.3. The van der Waals surface area contributed by atoms with Crippen LogP contribution in [0.15, 0.2) is 45.8 Å². The number of amides is 1. The number of nitrogens with one attached hydrogen (secondary N) is 1. The maximum atomic E-state index is 13.7. The molecule has 1 amide bonds. The van der Waals surface area contributed by atoms with Crippen LogP contribution in [0.5, 0.6) is 0 Å². The average molecular weight is 508 g/mol. The summed E-state index contributed by atoms with van der Waals surface area (Å²) in [6.45, 7) is 10.0. The molecule has 4 rings (SSSR count). The van der Waals surface area contributed by atoms with Gasteiger partial charge in [0.15, 0.2) is 10.7 Å². The first kappa shape index (κ1) is 25.9. The van der Waals surface area contributed by atoms with E-state index < -0.39 is 15.9 Å². The average Bonchev–Trinajstić information content (AvgIpc) is 3.20. The summed E-state index contributed by atoms with van der Waals surface area (Å²) in [6, 6.07) is 12.0. The summed E-state index contributed by atoms with van der Waals surface area (Å²) in [5.41, 5.74) is 6.31. The molecule has 1 aliphatic heterocycles. The van der Waals surface area contributed by atoms with Gasteiger partial charge in [-0.25, -0.2) is 8.42 Å². The molecule has 3 aromatic rings. The predicted octanol–water partition coefficient (Wildman–Crippen LogP) is 5.43. The maximum Gasteiger partial charge on any atom is 0.248 e. The standard InChI is InChI=1S/C28H33N3O4S/c1-18-8-9-21(4)23(14-18)10-11-26-27(22(5)30-35-26)36(33,34)31-12-6-7-24(17-31)28(32)29-25-15-19(2)13-20(3)16-25/h8-11,13-16,24H,6-7,12,17H2,1-5H3,(H,29,32)/b11-10+/t24-/m0/s1. The molecule has 0 radical (unpaired) electrons. The quantitative estimate of drug-likeness (QED) is 0.481. The summed E-state index contributed by atoms with van der Waals surface area (Å²) in [5, 5.41) is 6.91. The van der Waals surface area contributed by atoms with Crippen molar-refractivity contribution in [2.24, 2.45) is 5.92 Å². The fourth-order valence-corrected chi connectivity index (χ4v) is 6.47. The molecule has 2 heterocycles. The number of carbonyl (C=O) groups excluding carboxylic acids is 1. The number of anilines is 1. The van der Waals surface area contributed by atoms with E-state index in [2.05, 4.69) is 10.5 Å². The van der Waals surface area contributed by atoms with E-state index in [0.717, 1.165) is 33.5 Å². The van der Waals surface area contributed by atoms with Crippen LogP contribution in [0.3, 0.4) is 0 Å². The van der Waals surface area contributed by atoms with Crippen LogP contribution in [-0.4, -0.2) is 36.9 Å². The van der Waals surface area contributed by atoms with Crippen LogP contribution >= 0.6 is 0 Å². The molecule has 1 fully saturated rings. The Bertz CT molecular complexity index is 1400. The number of sulfonamides is 1. The monoisotopic (exact) mass is 507 g/mol. The highest BCUT2D eigenvalue weighted by atomic mass is 32.2. The van der Waals surface area contributed by atoms with Crippen molar-refractivity contribution in [1.29, 1.82) is 0 Å². The van der Waals surface area contributed by atoms with Gasteiger partial charge in [0.2, 0.25) is 15.9 Å². The second kappa shape index (κ2) is 10.4. The Hall–Kier alpha value is -3.23. The van der Waals surface area contributed by atoms with Crippen molar-refractivity contribution in [2.45, 2.75) is 52.4 Å². The van der Waals surface area contributed by atoms with Crippen LogP contribution < -0.4 is 5.32 Å². The Labute approximate surface area is 213 Å². The normalized spacial score (nSPS) is 17.0. The van der Waals surface area contributed by atoms with E-state index in [1.54, 1.807) is 13.0 Å². The number of aromatic nitrogens is 1. The lowest BCUT2D eigenvalue weighted by atomic mass is 9.98. The molecule has 1 saturated heterocycles. The molecule has 0 spiro atoms. The zero-order chi connectivity index (χ0) is 26.0. The smallest absolute Gasteiger partial charge is 0.248 e. The van der Waals surface area contributed by atoms with Gasteiger partial charge in [-0.3, -0.25) is 4.79 Å². The zero-order valence-electron chi connectivity index (χ0n) is 21.5. The Morgan fingerprint density at radius 1 is 1.03 bits per heavy atom. The van der Waals surface area contributed by atoms with E-state index in [1.807, 2.05) is 70.2 Å². The van der Waals surface area contributed by atoms with Crippen molar-refractivity contribution in [3.63, 3.8) is 0 Å². The second-order valence-corrected chi connectivity index (χ2v) is 11.6. The molecule has 190 valence electrons. The van der Waals surface area contributed by atoms with E-state index in [4.69, 9.17) is 4.52 Å². The van der Waals surface area contributed by atoms with Gasteiger partial charge in [0, 0.05) is 18.8 Å².